The number of rotatable bonds is 5. The summed E-state index contributed by atoms with van der Waals surface area (Å²) in [6, 6.07) is 2.04. The van der Waals surface area contributed by atoms with Crippen LogP contribution in [0.15, 0.2) is 42.9 Å². The number of allylic oxidation sites excluding steroid dienone is 2. The van der Waals surface area contributed by atoms with Gasteiger partial charge in [-0.3, -0.25) is 9.48 Å². The fourth-order valence-corrected chi connectivity index (χ4v) is 1.51. The average molecular weight is 231 g/mol. The molecule has 1 unspecified atom stereocenters. The minimum absolute atomic E-state index is 0.0893. The number of hydrogen-bond donors (Lipinski definition) is 1. The minimum atomic E-state index is 0.0893. The number of hydrogen-bond acceptors (Lipinski definition) is 2. The molecule has 1 amide bonds. The van der Waals surface area contributed by atoms with Crippen molar-refractivity contribution >= 4 is 5.91 Å². The number of carbonyl (C=O) groups is 1. The first-order valence-corrected chi connectivity index (χ1v) is 5.84. The monoisotopic (exact) mass is 231 g/mol. The van der Waals surface area contributed by atoms with Crippen LogP contribution in [0.3, 0.4) is 0 Å². The Labute approximate surface area is 101 Å². The molecule has 1 atom stereocenters. The molecule has 4 heteroatoms. The Hall–Kier alpha value is -1.84. The van der Waals surface area contributed by atoms with E-state index in [-0.39, 0.29) is 17.9 Å². The number of amides is 1. The van der Waals surface area contributed by atoms with E-state index >= 15 is 0 Å². The van der Waals surface area contributed by atoms with E-state index in [1.165, 1.54) is 0 Å². The maximum absolute atomic E-state index is 11.5. The SMILES string of the molecule is C=C(/C=C\C(C)n1cccn1)NC(=O)C1CC1. The van der Waals surface area contributed by atoms with Gasteiger partial charge < -0.3 is 5.32 Å². The largest absolute Gasteiger partial charge is 0.326 e. The lowest BCUT2D eigenvalue weighted by Crippen LogP contribution is -2.22. The molecule has 0 radical (unpaired) electrons. The first-order valence-electron chi connectivity index (χ1n) is 5.84. The lowest BCUT2D eigenvalue weighted by molar-refractivity contribution is -0.121. The maximum atomic E-state index is 11.5. The zero-order chi connectivity index (χ0) is 12.3. The summed E-state index contributed by atoms with van der Waals surface area (Å²) in [5.41, 5.74) is 0.640. The van der Waals surface area contributed by atoms with Gasteiger partial charge in [0.15, 0.2) is 0 Å². The summed E-state index contributed by atoms with van der Waals surface area (Å²) in [7, 11) is 0. The second kappa shape index (κ2) is 4.99. The summed E-state index contributed by atoms with van der Waals surface area (Å²) in [4.78, 5) is 11.5. The van der Waals surface area contributed by atoms with E-state index in [0.29, 0.717) is 5.70 Å². The molecule has 1 aliphatic rings. The number of nitrogens with one attached hydrogen (secondary N) is 1. The Bertz CT molecular complexity index is 430. The molecule has 1 heterocycles. The lowest BCUT2D eigenvalue weighted by atomic mass is 10.2. The summed E-state index contributed by atoms with van der Waals surface area (Å²) in [6.07, 6.45) is 9.45. The molecule has 4 nitrogen and oxygen atoms in total. The van der Waals surface area contributed by atoms with Crippen LogP contribution in [0, 0.1) is 5.92 Å². The zero-order valence-corrected chi connectivity index (χ0v) is 9.97. The van der Waals surface area contributed by atoms with Gasteiger partial charge in [-0.05, 0) is 31.9 Å². The fourth-order valence-electron chi connectivity index (χ4n) is 1.51. The zero-order valence-electron chi connectivity index (χ0n) is 9.97. The van der Waals surface area contributed by atoms with Crippen molar-refractivity contribution in [3.63, 3.8) is 0 Å². The quantitative estimate of drug-likeness (QED) is 0.788. The van der Waals surface area contributed by atoms with Crippen molar-refractivity contribution in [3.05, 3.63) is 42.9 Å². The number of carbonyl (C=O) groups excluding carboxylic acids is 1. The van der Waals surface area contributed by atoms with Gasteiger partial charge >= 0.3 is 0 Å². The third-order valence-electron chi connectivity index (χ3n) is 2.75. The van der Waals surface area contributed by atoms with Gasteiger partial charge in [0, 0.05) is 24.0 Å². The standard InChI is InChI=1S/C13H17N3O/c1-10(15-13(17)12-6-7-12)4-5-11(2)16-9-3-8-14-16/h3-5,8-9,11-12H,1,6-7H2,2H3,(H,15,17)/b5-4-. The van der Waals surface area contributed by atoms with E-state index in [4.69, 9.17) is 0 Å². The predicted octanol–water partition coefficient (Wildman–Crippen LogP) is 2.04. The van der Waals surface area contributed by atoms with Crippen LogP contribution >= 0.6 is 0 Å². The Kier molecular flexibility index (Phi) is 3.42. The maximum Gasteiger partial charge on any atom is 0.227 e. The molecule has 1 saturated carbocycles. The third-order valence-corrected chi connectivity index (χ3v) is 2.75. The Morgan fingerprint density at radius 2 is 2.41 bits per heavy atom. The number of nitrogens with zero attached hydrogens (tertiary/aromatic N) is 2. The van der Waals surface area contributed by atoms with Crippen LogP contribution in [-0.4, -0.2) is 15.7 Å². The summed E-state index contributed by atoms with van der Waals surface area (Å²) >= 11 is 0. The Balaban J connectivity index is 1.83. The summed E-state index contributed by atoms with van der Waals surface area (Å²) in [5, 5.41) is 6.93. The van der Waals surface area contributed by atoms with Crippen LogP contribution in [0.25, 0.3) is 0 Å². The van der Waals surface area contributed by atoms with Gasteiger partial charge in [0.2, 0.25) is 5.91 Å². The smallest absolute Gasteiger partial charge is 0.227 e. The molecule has 1 aromatic heterocycles. The van der Waals surface area contributed by atoms with E-state index in [0.717, 1.165) is 12.8 Å². The lowest BCUT2D eigenvalue weighted by Gasteiger charge is -2.07. The molecule has 1 fully saturated rings. The fraction of sp³-hybridized carbons (Fsp3) is 0.385. The third kappa shape index (κ3) is 3.31. The van der Waals surface area contributed by atoms with Crippen molar-refractivity contribution in [2.24, 2.45) is 5.92 Å². The van der Waals surface area contributed by atoms with Crippen molar-refractivity contribution in [2.75, 3.05) is 0 Å². The van der Waals surface area contributed by atoms with Crippen molar-refractivity contribution < 1.29 is 4.79 Å². The average Bonchev–Trinajstić information content (AvgIpc) is 3.02. The van der Waals surface area contributed by atoms with E-state index in [2.05, 4.69) is 17.0 Å². The van der Waals surface area contributed by atoms with Gasteiger partial charge in [-0.1, -0.05) is 12.7 Å². The molecule has 1 aliphatic carbocycles. The molecule has 2 rings (SSSR count). The second-order valence-electron chi connectivity index (χ2n) is 4.37. The van der Waals surface area contributed by atoms with Crippen LogP contribution in [-0.2, 0) is 4.79 Å². The topological polar surface area (TPSA) is 46.9 Å². The van der Waals surface area contributed by atoms with Gasteiger partial charge in [0.1, 0.15) is 0 Å². The first-order chi connectivity index (χ1) is 8.16. The molecular formula is C13H17N3O. The van der Waals surface area contributed by atoms with Gasteiger partial charge in [-0.25, -0.2) is 0 Å². The molecule has 17 heavy (non-hydrogen) atoms. The van der Waals surface area contributed by atoms with Crippen LogP contribution < -0.4 is 5.32 Å². The molecule has 0 saturated heterocycles. The van der Waals surface area contributed by atoms with Crippen molar-refractivity contribution in [3.8, 4) is 0 Å². The van der Waals surface area contributed by atoms with Crippen molar-refractivity contribution in [1.82, 2.24) is 15.1 Å². The van der Waals surface area contributed by atoms with Gasteiger partial charge in [0.25, 0.3) is 0 Å². The molecule has 1 aromatic rings. The minimum Gasteiger partial charge on any atom is -0.326 e. The van der Waals surface area contributed by atoms with Crippen LogP contribution in [0.5, 0.6) is 0 Å². The highest BCUT2D eigenvalue weighted by Gasteiger charge is 2.29. The van der Waals surface area contributed by atoms with E-state index < -0.39 is 0 Å². The summed E-state index contributed by atoms with van der Waals surface area (Å²) in [5.74, 6) is 0.301. The van der Waals surface area contributed by atoms with Crippen molar-refractivity contribution in [2.45, 2.75) is 25.8 Å². The first kappa shape index (κ1) is 11.6. The molecule has 90 valence electrons. The summed E-state index contributed by atoms with van der Waals surface area (Å²) in [6.45, 7) is 5.84. The van der Waals surface area contributed by atoms with E-state index in [9.17, 15) is 4.79 Å². The highest BCUT2D eigenvalue weighted by atomic mass is 16.2. The van der Waals surface area contributed by atoms with Crippen LogP contribution in [0.1, 0.15) is 25.8 Å². The molecule has 0 bridgehead atoms. The van der Waals surface area contributed by atoms with Gasteiger partial charge in [-0.2, -0.15) is 5.10 Å². The van der Waals surface area contributed by atoms with Crippen molar-refractivity contribution in [1.29, 1.82) is 0 Å². The predicted molar refractivity (Wildman–Crippen MR) is 66.1 cm³/mol. The van der Waals surface area contributed by atoms with E-state index in [1.54, 1.807) is 6.20 Å². The Morgan fingerprint density at radius 3 is 3.00 bits per heavy atom. The van der Waals surface area contributed by atoms with E-state index in [1.807, 2.05) is 36.0 Å². The highest BCUT2D eigenvalue weighted by molar-refractivity contribution is 5.82. The molecule has 0 aromatic carbocycles. The second-order valence-corrected chi connectivity index (χ2v) is 4.37. The van der Waals surface area contributed by atoms with Crippen LogP contribution in [0.4, 0.5) is 0 Å². The number of aromatic nitrogens is 2. The molecule has 1 N–H and O–H groups in total. The molecule has 0 aliphatic heterocycles. The van der Waals surface area contributed by atoms with Gasteiger partial charge in [0.05, 0.1) is 6.04 Å². The normalized spacial score (nSPS) is 17.0. The van der Waals surface area contributed by atoms with Crippen LogP contribution in [0.2, 0.25) is 0 Å². The van der Waals surface area contributed by atoms with Gasteiger partial charge in [-0.15, -0.1) is 0 Å². The highest BCUT2D eigenvalue weighted by Crippen LogP contribution is 2.28. The Morgan fingerprint density at radius 1 is 1.65 bits per heavy atom. The molecule has 0 spiro atoms. The molecular weight excluding hydrogens is 214 g/mol. The summed E-state index contributed by atoms with van der Waals surface area (Å²) < 4.78 is 1.84.